The number of aliphatic carboxylic acids is 2. The lowest BCUT2D eigenvalue weighted by atomic mass is 9.90. The molecule has 3 heterocycles. The summed E-state index contributed by atoms with van der Waals surface area (Å²) >= 11 is 0. The Kier molecular flexibility index (Phi) is 8.63. The first-order chi connectivity index (χ1) is 17.9. The van der Waals surface area contributed by atoms with Crippen molar-refractivity contribution in [3.05, 3.63) is 83.2 Å². The monoisotopic (exact) mass is 508 g/mol. The summed E-state index contributed by atoms with van der Waals surface area (Å²) in [5.74, 6) is -2.14. The summed E-state index contributed by atoms with van der Waals surface area (Å²) in [7, 11) is 0. The number of halogens is 1. The quantitative estimate of drug-likeness (QED) is 0.397. The van der Waals surface area contributed by atoms with Crippen LogP contribution in [0.1, 0.15) is 36.2 Å². The number of rotatable bonds is 5. The van der Waals surface area contributed by atoms with Gasteiger partial charge in [0.15, 0.2) is 5.82 Å². The van der Waals surface area contributed by atoms with Gasteiger partial charge in [-0.15, -0.1) is 0 Å². The van der Waals surface area contributed by atoms with Crippen LogP contribution in [-0.2, 0) is 22.6 Å². The van der Waals surface area contributed by atoms with Gasteiger partial charge in [0.25, 0.3) is 0 Å². The Bertz CT molecular complexity index is 1250. The summed E-state index contributed by atoms with van der Waals surface area (Å²) in [4.78, 5) is 25.3. The number of hydrogen-bond donors (Lipinski definition) is 2. The zero-order valence-corrected chi connectivity index (χ0v) is 20.3. The van der Waals surface area contributed by atoms with Gasteiger partial charge in [0.1, 0.15) is 17.9 Å². The number of fused-ring (bicyclic) bond motifs is 2. The summed E-state index contributed by atoms with van der Waals surface area (Å²) < 4.78 is 20.8. The molecule has 0 radical (unpaired) electrons. The fourth-order valence-electron chi connectivity index (χ4n) is 4.60. The number of aryl methyl sites for hydroxylation is 2. The number of piperidine rings is 1. The highest BCUT2D eigenvalue weighted by Crippen LogP contribution is 2.35. The van der Waals surface area contributed by atoms with E-state index in [9.17, 15) is 4.39 Å². The van der Waals surface area contributed by atoms with Crippen LogP contribution in [0.5, 0.6) is 5.75 Å². The molecule has 0 saturated carbocycles. The average Bonchev–Trinajstić information content (AvgIpc) is 3.30. The maximum atomic E-state index is 13.0. The van der Waals surface area contributed by atoms with Gasteiger partial charge < -0.3 is 19.8 Å². The Balaban J connectivity index is 0.000000480. The first-order valence-corrected chi connectivity index (χ1v) is 12.2. The molecular weight excluding hydrogens is 479 g/mol. The highest BCUT2D eigenvalue weighted by Gasteiger charge is 2.25. The van der Waals surface area contributed by atoms with Crippen molar-refractivity contribution in [2.45, 2.75) is 32.2 Å². The summed E-state index contributed by atoms with van der Waals surface area (Å²) in [5.41, 5.74) is 5.50. The molecular formula is C27H29FN4O5. The Morgan fingerprint density at radius 3 is 2.35 bits per heavy atom. The predicted molar refractivity (Wildman–Crippen MR) is 134 cm³/mol. The first kappa shape index (κ1) is 26.0. The molecule has 2 aliphatic heterocycles. The fraction of sp³-hybridized carbons (Fsp3) is 0.333. The number of likely N-dealkylation sites (tertiary alicyclic amines) is 1. The van der Waals surface area contributed by atoms with E-state index in [0.717, 1.165) is 63.4 Å². The minimum atomic E-state index is -1.82. The van der Waals surface area contributed by atoms with Gasteiger partial charge in [-0.3, -0.25) is 0 Å². The van der Waals surface area contributed by atoms with Crippen molar-refractivity contribution in [2.75, 3.05) is 26.2 Å². The van der Waals surface area contributed by atoms with Crippen molar-refractivity contribution < 1.29 is 28.9 Å². The van der Waals surface area contributed by atoms with Crippen LogP contribution in [0.15, 0.2) is 60.4 Å². The van der Waals surface area contributed by atoms with E-state index in [1.165, 1.54) is 34.4 Å². The summed E-state index contributed by atoms with van der Waals surface area (Å²) in [6, 6.07) is 14.9. The molecule has 0 unspecified atom stereocenters. The number of ether oxygens (including phenoxy) is 1. The van der Waals surface area contributed by atoms with E-state index in [1.54, 1.807) is 18.5 Å². The topological polar surface area (TPSA) is 118 Å². The zero-order valence-electron chi connectivity index (χ0n) is 20.3. The maximum absolute atomic E-state index is 13.0. The number of carboxylic acid groups (broad SMARTS) is 2. The molecule has 0 bridgehead atoms. The summed E-state index contributed by atoms with van der Waals surface area (Å²) in [6.45, 7) is 4.63. The van der Waals surface area contributed by atoms with Crippen LogP contribution in [0, 0.1) is 5.82 Å². The Morgan fingerprint density at radius 2 is 1.65 bits per heavy atom. The second-order valence-corrected chi connectivity index (χ2v) is 8.80. The number of aromatic nitrogens is 3. The van der Waals surface area contributed by atoms with Crippen molar-refractivity contribution in [1.29, 1.82) is 0 Å². The van der Waals surface area contributed by atoms with Gasteiger partial charge in [0.05, 0.1) is 6.61 Å². The summed E-state index contributed by atoms with van der Waals surface area (Å²) in [6.07, 6.45) is 5.73. The molecule has 1 aromatic heterocycles. The normalized spacial score (nSPS) is 15.1. The molecule has 0 spiro atoms. The molecule has 2 N–H and O–H groups in total. The highest BCUT2D eigenvalue weighted by molar-refractivity contribution is 6.27. The number of carbonyl (C=O) groups is 2. The lowest BCUT2D eigenvalue weighted by molar-refractivity contribution is -0.159. The number of hydrogen-bond acceptors (Lipinski definition) is 6. The van der Waals surface area contributed by atoms with Gasteiger partial charge in [-0.05, 0) is 61.1 Å². The standard InChI is InChI=1S/C25H27FN4O.C2H2O4/c26-21-6-8-22(9-7-21)31-17-3-13-29-14-10-20(11-15-29)24-23-5-2-1-4-19(23)12-16-30-25(24)27-18-28-30;3-1(4)2(5)6/h1-2,4-9,18H,3,10-17H2;(H,3,4)(H,5,6). The summed E-state index contributed by atoms with van der Waals surface area (Å²) in [5, 5.41) is 19.2. The molecule has 1 fully saturated rings. The molecule has 0 atom stereocenters. The minimum absolute atomic E-state index is 0.236. The molecule has 0 amide bonds. The third-order valence-electron chi connectivity index (χ3n) is 6.42. The van der Waals surface area contributed by atoms with Crippen molar-refractivity contribution in [3.8, 4) is 5.75 Å². The molecule has 2 aromatic carbocycles. The van der Waals surface area contributed by atoms with E-state index in [-0.39, 0.29) is 5.82 Å². The third-order valence-corrected chi connectivity index (χ3v) is 6.42. The van der Waals surface area contributed by atoms with Gasteiger partial charge in [0.2, 0.25) is 0 Å². The Morgan fingerprint density at radius 1 is 0.946 bits per heavy atom. The van der Waals surface area contributed by atoms with Crippen LogP contribution >= 0.6 is 0 Å². The second kappa shape index (κ2) is 12.3. The largest absolute Gasteiger partial charge is 0.494 e. The maximum Gasteiger partial charge on any atom is 0.414 e. The fourth-order valence-corrected chi connectivity index (χ4v) is 4.60. The molecule has 2 aliphatic rings. The molecule has 194 valence electrons. The van der Waals surface area contributed by atoms with E-state index in [0.29, 0.717) is 6.61 Å². The minimum Gasteiger partial charge on any atom is -0.494 e. The zero-order chi connectivity index (χ0) is 26.2. The van der Waals surface area contributed by atoms with Gasteiger partial charge in [-0.2, -0.15) is 5.10 Å². The van der Waals surface area contributed by atoms with E-state index in [4.69, 9.17) is 24.5 Å². The van der Waals surface area contributed by atoms with Crippen molar-refractivity contribution in [1.82, 2.24) is 19.7 Å². The van der Waals surface area contributed by atoms with Crippen LogP contribution in [0.25, 0.3) is 5.57 Å². The lowest BCUT2D eigenvalue weighted by Gasteiger charge is -2.30. The second-order valence-electron chi connectivity index (χ2n) is 8.80. The van der Waals surface area contributed by atoms with E-state index >= 15 is 0 Å². The van der Waals surface area contributed by atoms with Gasteiger partial charge in [0, 0.05) is 31.8 Å². The smallest absolute Gasteiger partial charge is 0.414 e. The van der Waals surface area contributed by atoms with Crippen molar-refractivity contribution in [3.63, 3.8) is 0 Å². The van der Waals surface area contributed by atoms with Gasteiger partial charge in [-0.25, -0.2) is 23.6 Å². The van der Waals surface area contributed by atoms with Crippen LogP contribution < -0.4 is 4.74 Å². The van der Waals surface area contributed by atoms with Crippen molar-refractivity contribution in [2.24, 2.45) is 0 Å². The predicted octanol–water partition coefficient (Wildman–Crippen LogP) is 3.50. The van der Waals surface area contributed by atoms with Crippen LogP contribution in [-0.4, -0.2) is 68.1 Å². The third kappa shape index (κ3) is 6.79. The lowest BCUT2D eigenvalue weighted by Crippen LogP contribution is -2.32. The Labute approximate surface area is 213 Å². The molecule has 0 aliphatic carbocycles. The highest BCUT2D eigenvalue weighted by atomic mass is 19.1. The first-order valence-electron chi connectivity index (χ1n) is 12.2. The van der Waals surface area contributed by atoms with Gasteiger partial charge in [-0.1, -0.05) is 29.8 Å². The molecule has 5 rings (SSSR count). The molecule has 10 heteroatoms. The Hall–Kier alpha value is -4.05. The van der Waals surface area contributed by atoms with Crippen LogP contribution in [0.2, 0.25) is 0 Å². The van der Waals surface area contributed by atoms with Crippen molar-refractivity contribution >= 4 is 17.5 Å². The van der Waals surface area contributed by atoms with Crippen LogP contribution in [0.3, 0.4) is 0 Å². The van der Waals surface area contributed by atoms with E-state index in [2.05, 4.69) is 43.9 Å². The van der Waals surface area contributed by atoms with Gasteiger partial charge >= 0.3 is 11.9 Å². The van der Waals surface area contributed by atoms with E-state index in [1.807, 2.05) is 0 Å². The van der Waals surface area contributed by atoms with Crippen LogP contribution in [0.4, 0.5) is 4.39 Å². The molecule has 37 heavy (non-hydrogen) atoms. The molecule has 1 saturated heterocycles. The van der Waals surface area contributed by atoms with E-state index < -0.39 is 11.9 Å². The number of carboxylic acids is 2. The molecule has 9 nitrogen and oxygen atoms in total. The number of benzene rings is 2. The number of nitrogens with zero attached hydrogens (tertiary/aromatic N) is 4. The SMILES string of the molecule is Fc1ccc(OCCCN2CCC(=C3c4ccccc4CCn4ncnc43)CC2)cc1.O=C(O)C(=O)O. The average molecular weight is 509 g/mol. The molecule has 3 aromatic rings.